The van der Waals surface area contributed by atoms with Crippen molar-refractivity contribution in [2.75, 3.05) is 11.9 Å². The van der Waals surface area contributed by atoms with Crippen LogP contribution in [0.1, 0.15) is 44.1 Å². The molecular formula is C16H19BrN2O2. The van der Waals surface area contributed by atoms with E-state index in [4.69, 9.17) is 0 Å². The topological polar surface area (TPSA) is 73.1 Å². The van der Waals surface area contributed by atoms with E-state index >= 15 is 0 Å². The fourth-order valence-corrected chi connectivity index (χ4v) is 3.26. The summed E-state index contributed by atoms with van der Waals surface area (Å²) in [4.78, 5) is 11.7. The molecule has 0 aliphatic heterocycles. The number of aliphatic carboxylic acids is 1. The number of nitrogens with zero attached hydrogens (tertiary/aromatic N) is 1. The summed E-state index contributed by atoms with van der Waals surface area (Å²) in [5.74, 6) is -0.729. The van der Waals surface area contributed by atoms with Gasteiger partial charge in [0, 0.05) is 11.0 Å². The van der Waals surface area contributed by atoms with Crippen molar-refractivity contribution in [2.24, 2.45) is 5.41 Å². The Labute approximate surface area is 133 Å². The first kappa shape index (κ1) is 15.8. The van der Waals surface area contributed by atoms with E-state index < -0.39 is 11.4 Å². The van der Waals surface area contributed by atoms with E-state index in [0.717, 1.165) is 30.2 Å². The van der Waals surface area contributed by atoms with Crippen molar-refractivity contribution in [2.45, 2.75) is 38.5 Å². The standard InChI is InChI=1S/C16H19BrN2O2/c17-13-5-6-14(12(9-13)10-18)19-11-16(15(20)21)7-3-1-2-4-8-16/h5-6,9,19H,1-4,7-8,11H2,(H,20,21). The number of halogens is 1. The van der Waals surface area contributed by atoms with Gasteiger partial charge in [0.05, 0.1) is 16.7 Å². The van der Waals surface area contributed by atoms with Crippen LogP contribution in [-0.2, 0) is 4.79 Å². The molecular weight excluding hydrogens is 332 g/mol. The second-order valence-corrected chi connectivity index (χ2v) is 6.57. The van der Waals surface area contributed by atoms with Gasteiger partial charge in [-0.2, -0.15) is 5.26 Å². The molecule has 0 radical (unpaired) electrons. The fraction of sp³-hybridized carbons (Fsp3) is 0.500. The van der Waals surface area contributed by atoms with Crippen LogP contribution in [0.5, 0.6) is 0 Å². The molecule has 1 fully saturated rings. The quantitative estimate of drug-likeness (QED) is 0.799. The first-order valence-corrected chi connectivity index (χ1v) is 8.04. The number of anilines is 1. The molecule has 1 saturated carbocycles. The van der Waals surface area contributed by atoms with E-state index in [0.29, 0.717) is 30.6 Å². The second kappa shape index (κ2) is 6.95. The molecule has 1 aromatic carbocycles. The molecule has 1 aromatic rings. The van der Waals surface area contributed by atoms with Gasteiger partial charge in [-0.15, -0.1) is 0 Å². The maximum absolute atomic E-state index is 11.7. The average molecular weight is 351 g/mol. The Hall–Kier alpha value is -1.54. The molecule has 0 aromatic heterocycles. The van der Waals surface area contributed by atoms with E-state index in [9.17, 15) is 15.2 Å². The molecule has 0 spiro atoms. The lowest BCUT2D eigenvalue weighted by atomic mass is 9.80. The molecule has 0 heterocycles. The second-order valence-electron chi connectivity index (χ2n) is 5.65. The van der Waals surface area contributed by atoms with E-state index in [1.165, 1.54) is 0 Å². The van der Waals surface area contributed by atoms with E-state index in [1.807, 2.05) is 12.1 Å². The fourth-order valence-electron chi connectivity index (χ4n) is 2.90. The predicted octanol–water partition coefficient (Wildman–Crippen LogP) is 4.16. The molecule has 0 unspecified atom stereocenters. The lowest BCUT2D eigenvalue weighted by molar-refractivity contribution is -0.149. The molecule has 0 atom stereocenters. The minimum Gasteiger partial charge on any atom is -0.481 e. The van der Waals surface area contributed by atoms with Gasteiger partial charge in [-0.05, 0) is 31.0 Å². The SMILES string of the molecule is N#Cc1cc(Br)ccc1NCC1(C(=O)O)CCCCCC1. The number of carbonyl (C=O) groups is 1. The van der Waals surface area contributed by atoms with Crippen LogP contribution in [0.2, 0.25) is 0 Å². The van der Waals surface area contributed by atoms with E-state index in [1.54, 1.807) is 6.07 Å². The highest BCUT2D eigenvalue weighted by Crippen LogP contribution is 2.36. The number of nitrogens with one attached hydrogen (secondary N) is 1. The van der Waals surface area contributed by atoms with Crippen molar-refractivity contribution in [3.8, 4) is 6.07 Å². The average Bonchev–Trinajstić information content (AvgIpc) is 2.72. The molecule has 1 aliphatic carbocycles. The van der Waals surface area contributed by atoms with Crippen molar-refractivity contribution >= 4 is 27.6 Å². The maximum Gasteiger partial charge on any atom is 0.311 e. The zero-order valence-electron chi connectivity index (χ0n) is 11.9. The van der Waals surface area contributed by atoms with Crippen molar-refractivity contribution in [1.82, 2.24) is 0 Å². The van der Waals surface area contributed by atoms with Gasteiger partial charge in [0.15, 0.2) is 0 Å². The lowest BCUT2D eigenvalue weighted by Gasteiger charge is -2.29. The summed E-state index contributed by atoms with van der Waals surface area (Å²) in [6.07, 6.45) is 5.54. The first-order valence-electron chi connectivity index (χ1n) is 7.24. The van der Waals surface area contributed by atoms with Gasteiger partial charge in [0.1, 0.15) is 6.07 Å². The Bertz CT molecular complexity index is 558. The summed E-state index contributed by atoms with van der Waals surface area (Å²) in [5.41, 5.74) is 0.514. The zero-order valence-corrected chi connectivity index (χ0v) is 13.4. The third-order valence-corrected chi connectivity index (χ3v) is 4.73. The highest BCUT2D eigenvalue weighted by atomic mass is 79.9. The molecule has 2 rings (SSSR count). The van der Waals surface area contributed by atoms with Crippen molar-refractivity contribution in [1.29, 1.82) is 5.26 Å². The summed E-state index contributed by atoms with van der Waals surface area (Å²) >= 11 is 3.34. The molecule has 5 heteroatoms. The molecule has 0 amide bonds. The highest BCUT2D eigenvalue weighted by Gasteiger charge is 2.38. The van der Waals surface area contributed by atoms with E-state index in [2.05, 4.69) is 27.3 Å². The van der Waals surface area contributed by atoms with Gasteiger partial charge in [0.2, 0.25) is 0 Å². The molecule has 0 bridgehead atoms. The van der Waals surface area contributed by atoms with Gasteiger partial charge in [-0.25, -0.2) is 0 Å². The van der Waals surface area contributed by atoms with Crippen LogP contribution < -0.4 is 5.32 Å². The third kappa shape index (κ3) is 3.76. The summed E-state index contributed by atoms with van der Waals surface area (Å²) in [7, 11) is 0. The number of carboxylic acids is 1. The van der Waals surface area contributed by atoms with Crippen LogP contribution >= 0.6 is 15.9 Å². The minimum atomic E-state index is -0.729. The number of hydrogen-bond acceptors (Lipinski definition) is 3. The van der Waals surface area contributed by atoms with Crippen LogP contribution in [-0.4, -0.2) is 17.6 Å². The lowest BCUT2D eigenvalue weighted by Crippen LogP contribution is -2.37. The van der Waals surface area contributed by atoms with E-state index in [-0.39, 0.29) is 0 Å². The molecule has 0 saturated heterocycles. The van der Waals surface area contributed by atoms with Crippen LogP contribution in [0.4, 0.5) is 5.69 Å². The minimum absolute atomic E-state index is 0.374. The normalized spacial score (nSPS) is 17.5. The van der Waals surface area contributed by atoms with Gasteiger partial charge < -0.3 is 10.4 Å². The van der Waals surface area contributed by atoms with Crippen molar-refractivity contribution in [3.05, 3.63) is 28.2 Å². The Morgan fingerprint density at radius 2 is 2.00 bits per heavy atom. The third-order valence-electron chi connectivity index (χ3n) is 4.23. The first-order chi connectivity index (χ1) is 10.1. The van der Waals surface area contributed by atoms with Crippen LogP contribution in [0.3, 0.4) is 0 Å². The molecule has 4 nitrogen and oxygen atoms in total. The molecule has 2 N–H and O–H groups in total. The van der Waals surface area contributed by atoms with Crippen LogP contribution in [0.15, 0.2) is 22.7 Å². The van der Waals surface area contributed by atoms with Crippen molar-refractivity contribution in [3.63, 3.8) is 0 Å². The van der Waals surface area contributed by atoms with Gasteiger partial charge in [-0.1, -0.05) is 41.6 Å². The molecule has 112 valence electrons. The number of carboxylic acid groups (broad SMARTS) is 1. The number of rotatable bonds is 4. The smallest absolute Gasteiger partial charge is 0.311 e. The van der Waals surface area contributed by atoms with Crippen LogP contribution in [0.25, 0.3) is 0 Å². The number of nitriles is 1. The summed E-state index contributed by atoms with van der Waals surface area (Å²) in [6.45, 7) is 0.374. The van der Waals surface area contributed by atoms with Gasteiger partial charge in [0.25, 0.3) is 0 Å². The van der Waals surface area contributed by atoms with Gasteiger partial charge >= 0.3 is 5.97 Å². The monoisotopic (exact) mass is 350 g/mol. The van der Waals surface area contributed by atoms with Crippen LogP contribution in [0, 0.1) is 16.7 Å². The maximum atomic E-state index is 11.7. The predicted molar refractivity (Wildman–Crippen MR) is 85.1 cm³/mol. The zero-order chi connectivity index (χ0) is 15.3. The Kier molecular flexibility index (Phi) is 5.24. The summed E-state index contributed by atoms with van der Waals surface area (Å²) < 4.78 is 0.840. The molecule has 1 aliphatic rings. The van der Waals surface area contributed by atoms with Gasteiger partial charge in [-0.3, -0.25) is 4.79 Å². The number of benzene rings is 1. The number of hydrogen-bond donors (Lipinski definition) is 2. The molecule has 21 heavy (non-hydrogen) atoms. The van der Waals surface area contributed by atoms with Crippen molar-refractivity contribution < 1.29 is 9.90 Å². The Morgan fingerprint density at radius 1 is 1.33 bits per heavy atom. The largest absolute Gasteiger partial charge is 0.481 e. The summed E-state index contributed by atoms with van der Waals surface area (Å²) in [5, 5.41) is 22.0. The Balaban J connectivity index is 2.16. The summed E-state index contributed by atoms with van der Waals surface area (Å²) in [6, 6.07) is 7.54. The Morgan fingerprint density at radius 3 is 2.57 bits per heavy atom. The highest BCUT2D eigenvalue weighted by molar-refractivity contribution is 9.10.